The summed E-state index contributed by atoms with van der Waals surface area (Å²) in [5.41, 5.74) is 5.35. The van der Waals surface area contributed by atoms with Crippen molar-refractivity contribution < 1.29 is 13.2 Å². The molecule has 1 heterocycles. The van der Waals surface area contributed by atoms with Gasteiger partial charge in [-0.25, -0.2) is 4.98 Å². The van der Waals surface area contributed by atoms with E-state index in [-0.39, 0.29) is 18.1 Å². The Hall–Kier alpha value is -1.69. The van der Waals surface area contributed by atoms with Crippen molar-refractivity contribution in [3.63, 3.8) is 0 Å². The van der Waals surface area contributed by atoms with Crippen LogP contribution in [0, 0.1) is 0 Å². The van der Waals surface area contributed by atoms with Crippen molar-refractivity contribution in [2.75, 3.05) is 5.73 Å². The number of nitrogens with two attached hydrogens (primary N) is 1. The topological polar surface area (TPSA) is 43.8 Å². The molecule has 17 heavy (non-hydrogen) atoms. The highest BCUT2D eigenvalue weighted by atomic mass is 35.5. The molecule has 92 valence electrons. The van der Waals surface area contributed by atoms with E-state index >= 15 is 0 Å². The van der Waals surface area contributed by atoms with Crippen LogP contribution in [0.1, 0.15) is 5.56 Å². The Kier molecular flexibility index (Phi) is 3.67. The Morgan fingerprint density at radius 1 is 1.24 bits per heavy atom. The van der Waals surface area contributed by atoms with Crippen LogP contribution in [0.5, 0.6) is 0 Å². The summed E-state index contributed by atoms with van der Waals surface area (Å²) in [5.74, 6) is 0. The predicted molar refractivity (Wildman–Crippen MR) is 60.2 cm³/mol. The molecule has 3 nitrogen and oxygen atoms in total. The lowest BCUT2D eigenvalue weighted by atomic mass is 10.1. The van der Waals surface area contributed by atoms with Crippen LogP contribution in [0.25, 0.3) is 5.69 Å². The van der Waals surface area contributed by atoms with E-state index in [2.05, 4.69) is 4.98 Å². The zero-order valence-corrected chi connectivity index (χ0v) is 9.29. The van der Waals surface area contributed by atoms with Crippen molar-refractivity contribution in [2.24, 2.45) is 0 Å². The van der Waals surface area contributed by atoms with Crippen molar-refractivity contribution in [2.45, 2.75) is 6.18 Å². The minimum atomic E-state index is -4.37. The van der Waals surface area contributed by atoms with Gasteiger partial charge in [0.2, 0.25) is 0 Å². The number of rotatable bonds is 1. The average Bonchev–Trinajstić information content (AvgIpc) is 2.69. The number of hydrogen-bond donors (Lipinski definition) is 1. The molecule has 0 fully saturated rings. The molecule has 0 saturated carbocycles. The third-order valence-electron chi connectivity index (χ3n) is 2.14. The summed E-state index contributed by atoms with van der Waals surface area (Å²) >= 11 is 0. The van der Waals surface area contributed by atoms with Crippen LogP contribution in [-0.4, -0.2) is 9.55 Å². The zero-order chi connectivity index (χ0) is 11.8. The molecule has 0 bridgehead atoms. The predicted octanol–water partition coefficient (Wildman–Crippen LogP) is 2.90. The Balaban J connectivity index is 0.00000144. The molecular weight excluding hydrogens is 255 g/mol. The first kappa shape index (κ1) is 13.4. The van der Waals surface area contributed by atoms with Gasteiger partial charge >= 0.3 is 6.18 Å². The molecule has 0 unspecified atom stereocenters. The maximum atomic E-state index is 12.4. The van der Waals surface area contributed by atoms with Gasteiger partial charge in [-0.05, 0) is 18.2 Å². The van der Waals surface area contributed by atoms with E-state index < -0.39 is 11.7 Å². The second kappa shape index (κ2) is 4.67. The number of imidazole rings is 1. The number of benzene rings is 1. The van der Waals surface area contributed by atoms with E-state index in [0.717, 1.165) is 12.1 Å². The number of aromatic nitrogens is 2. The van der Waals surface area contributed by atoms with Crippen molar-refractivity contribution in [1.29, 1.82) is 0 Å². The lowest BCUT2D eigenvalue weighted by Crippen LogP contribution is -2.07. The number of hydrogen-bond acceptors (Lipinski definition) is 2. The van der Waals surface area contributed by atoms with Crippen molar-refractivity contribution in [3.8, 4) is 5.69 Å². The van der Waals surface area contributed by atoms with Crippen molar-refractivity contribution in [1.82, 2.24) is 9.55 Å². The fourth-order valence-electron chi connectivity index (χ4n) is 1.37. The molecule has 0 saturated heterocycles. The SMILES string of the molecule is Cl.Nc1cc(C(F)(F)F)ccc1-n1ccnc1. The van der Waals surface area contributed by atoms with Gasteiger partial charge in [-0.15, -0.1) is 12.4 Å². The minimum Gasteiger partial charge on any atom is -0.397 e. The standard InChI is InChI=1S/C10H8F3N3.ClH/c11-10(12,13)7-1-2-9(8(14)5-7)16-4-3-15-6-16;/h1-6H,14H2;1H. The van der Waals surface area contributed by atoms with Crippen molar-refractivity contribution >= 4 is 18.1 Å². The fourth-order valence-corrected chi connectivity index (χ4v) is 1.37. The van der Waals surface area contributed by atoms with Crippen LogP contribution in [0.3, 0.4) is 0 Å². The summed E-state index contributed by atoms with van der Waals surface area (Å²) in [5, 5.41) is 0. The molecule has 2 N–H and O–H groups in total. The number of alkyl halides is 3. The normalized spacial score (nSPS) is 11.0. The molecule has 7 heteroatoms. The van der Waals surface area contributed by atoms with Gasteiger partial charge in [0.25, 0.3) is 0 Å². The van der Waals surface area contributed by atoms with Crippen LogP contribution in [0.15, 0.2) is 36.9 Å². The molecular formula is C10H9ClF3N3. The van der Waals surface area contributed by atoms with Gasteiger partial charge in [0.1, 0.15) is 0 Å². The smallest absolute Gasteiger partial charge is 0.397 e. The van der Waals surface area contributed by atoms with Gasteiger partial charge in [0.05, 0.1) is 23.3 Å². The van der Waals surface area contributed by atoms with E-state index in [1.54, 1.807) is 10.8 Å². The number of nitrogen functional groups attached to an aromatic ring is 1. The maximum Gasteiger partial charge on any atom is 0.416 e. The lowest BCUT2D eigenvalue weighted by molar-refractivity contribution is -0.137. The Labute approximate surface area is 101 Å². The first-order chi connectivity index (χ1) is 7.48. The van der Waals surface area contributed by atoms with Gasteiger partial charge in [-0.1, -0.05) is 0 Å². The highest BCUT2D eigenvalue weighted by molar-refractivity contribution is 5.85. The number of halogens is 4. The average molecular weight is 264 g/mol. The Bertz CT molecular complexity index is 494. The van der Waals surface area contributed by atoms with Gasteiger partial charge in [0.15, 0.2) is 0 Å². The summed E-state index contributed by atoms with van der Waals surface area (Å²) in [4.78, 5) is 3.80. The molecule has 2 aromatic rings. The van der Waals surface area contributed by atoms with E-state index in [1.807, 2.05) is 0 Å². The van der Waals surface area contributed by atoms with E-state index in [1.165, 1.54) is 18.6 Å². The summed E-state index contributed by atoms with van der Waals surface area (Å²) in [6.45, 7) is 0. The molecule has 1 aromatic heterocycles. The molecule has 0 radical (unpaired) electrons. The van der Waals surface area contributed by atoms with Gasteiger partial charge in [-0.3, -0.25) is 0 Å². The quantitative estimate of drug-likeness (QED) is 0.804. The van der Waals surface area contributed by atoms with E-state index in [4.69, 9.17) is 5.73 Å². The number of nitrogens with zero attached hydrogens (tertiary/aromatic N) is 2. The first-order valence-electron chi connectivity index (χ1n) is 4.43. The molecule has 0 atom stereocenters. The van der Waals surface area contributed by atoms with E-state index in [9.17, 15) is 13.2 Å². The number of anilines is 1. The Morgan fingerprint density at radius 2 is 1.94 bits per heavy atom. The monoisotopic (exact) mass is 263 g/mol. The summed E-state index contributed by atoms with van der Waals surface area (Å²) in [7, 11) is 0. The summed E-state index contributed by atoms with van der Waals surface area (Å²) < 4.78 is 38.7. The van der Waals surface area contributed by atoms with Crippen LogP contribution in [-0.2, 0) is 6.18 Å². The second-order valence-electron chi connectivity index (χ2n) is 3.24. The first-order valence-corrected chi connectivity index (χ1v) is 4.43. The van der Waals surface area contributed by atoms with Crippen LogP contribution >= 0.6 is 12.4 Å². The lowest BCUT2D eigenvalue weighted by Gasteiger charge is -2.10. The van der Waals surface area contributed by atoms with E-state index in [0.29, 0.717) is 5.69 Å². The minimum absolute atomic E-state index is 0. The van der Waals surface area contributed by atoms with Gasteiger partial charge in [0, 0.05) is 12.4 Å². The molecule has 2 rings (SSSR count). The molecule has 0 aliphatic carbocycles. The molecule has 0 spiro atoms. The highest BCUT2D eigenvalue weighted by Crippen LogP contribution is 2.32. The molecule has 0 amide bonds. The van der Waals surface area contributed by atoms with Crippen LogP contribution in [0.2, 0.25) is 0 Å². The summed E-state index contributed by atoms with van der Waals surface area (Å²) in [6.07, 6.45) is 0.233. The zero-order valence-electron chi connectivity index (χ0n) is 8.48. The third kappa shape index (κ3) is 2.71. The second-order valence-corrected chi connectivity index (χ2v) is 3.24. The maximum absolute atomic E-state index is 12.4. The highest BCUT2D eigenvalue weighted by Gasteiger charge is 2.30. The molecule has 0 aliphatic heterocycles. The third-order valence-corrected chi connectivity index (χ3v) is 2.14. The van der Waals surface area contributed by atoms with Crippen molar-refractivity contribution in [3.05, 3.63) is 42.5 Å². The summed E-state index contributed by atoms with van der Waals surface area (Å²) in [6, 6.07) is 3.22. The fraction of sp³-hybridized carbons (Fsp3) is 0.100. The van der Waals surface area contributed by atoms with Crippen LogP contribution < -0.4 is 5.73 Å². The largest absolute Gasteiger partial charge is 0.416 e. The molecule has 0 aliphatic rings. The van der Waals surface area contributed by atoms with Crippen LogP contribution in [0.4, 0.5) is 18.9 Å². The molecule has 1 aromatic carbocycles. The Morgan fingerprint density at radius 3 is 2.41 bits per heavy atom. The van der Waals surface area contributed by atoms with Gasteiger partial charge in [-0.2, -0.15) is 13.2 Å². The van der Waals surface area contributed by atoms with Gasteiger partial charge < -0.3 is 10.3 Å².